The number of nitrogens with zero attached hydrogens (tertiary/aromatic N) is 2. The normalized spacial score (nSPS) is 10.7. The summed E-state index contributed by atoms with van der Waals surface area (Å²) in [5, 5.41) is 11.5. The number of hydrogen-bond acceptors (Lipinski definition) is 3. The fraction of sp³-hybridized carbons (Fsp3) is 0.619. The van der Waals surface area contributed by atoms with Crippen LogP contribution < -0.4 is 0 Å². The van der Waals surface area contributed by atoms with Crippen molar-refractivity contribution < 1.29 is 5.21 Å². The molecule has 1 aromatic heterocycles. The number of hydrogen-bond donors (Lipinski definition) is 1. The standard InChI is InChI=1S/C21H32N2O/c1-2-3-4-5-6-7-8-9-10-11-12-13-14-16-20-17-15-18-21(23-20)19-22-24/h15,17-19,24H,2-13H2,1H3/b22-19-. The largest absolute Gasteiger partial charge is 0.411 e. The van der Waals surface area contributed by atoms with Crippen molar-refractivity contribution in [3.8, 4) is 11.8 Å². The Labute approximate surface area is 147 Å². The molecule has 0 saturated heterocycles. The third-order valence-corrected chi connectivity index (χ3v) is 4.08. The fourth-order valence-electron chi connectivity index (χ4n) is 2.68. The van der Waals surface area contributed by atoms with Gasteiger partial charge in [0.15, 0.2) is 0 Å². The van der Waals surface area contributed by atoms with Gasteiger partial charge in [0.2, 0.25) is 0 Å². The highest BCUT2D eigenvalue weighted by molar-refractivity contribution is 5.76. The first-order valence-corrected chi connectivity index (χ1v) is 9.50. The highest BCUT2D eigenvalue weighted by Crippen LogP contribution is 2.11. The van der Waals surface area contributed by atoms with Crippen molar-refractivity contribution in [1.29, 1.82) is 0 Å². The van der Waals surface area contributed by atoms with E-state index in [0.717, 1.165) is 12.1 Å². The molecule has 0 fully saturated rings. The summed E-state index contributed by atoms with van der Waals surface area (Å²) in [7, 11) is 0. The van der Waals surface area contributed by atoms with Crippen molar-refractivity contribution in [2.24, 2.45) is 5.16 Å². The Morgan fingerprint density at radius 2 is 1.58 bits per heavy atom. The lowest BCUT2D eigenvalue weighted by Gasteiger charge is -2.01. The Balaban J connectivity index is 2.00. The third kappa shape index (κ3) is 10.8. The van der Waals surface area contributed by atoms with Crippen LogP contribution in [0.15, 0.2) is 23.4 Å². The molecule has 0 amide bonds. The Kier molecular flexibility index (Phi) is 12.4. The molecule has 1 heterocycles. The summed E-state index contributed by atoms with van der Waals surface area (Å²) < 4.78 is 0. The number of aromatic nitrogens is 1. The summed E-state index contributed by atoms with van der Waals surface area (Å²) in [6.07, 6.45) is 17.2. The van der Waals surface area contributed by atoms with E-state index >= 15 is 0 Å². The Morgan fingerprint density at radius 3 is 2.21 bits per heavy atom. The number of oxime groups is 1. The van der Waals surface area contributed by atoms with Gasteiger partial charge >= 0.3 is 0 Å². The third-order valence-electron chi connectivity index (χ3n) is 4.08. The molecule has 1 rings (SSSR count). The van der Waals surface area contributed by atoms with Crippen LogP contribution in [0.5, 0.6) is 0 Å². The first kappa shape index (κ1) is 20.2. The van der Waals surface area contributed by atoms with Gasteiger partial charge in [-0.25, -0.2) is 4.98 Å². The Morgan fingerprint density at radius 1 is 0.958 bits per heavy atom. The van der Waals surface area contributed by atoms with Gasteiger partial charge in [0.05, 0.1) is 11.9 Å². The van der Waals surface area contributed by atoms with Crippen LogP contribution in [0.3, 0.4) is 0 Å². The first-order chi connectivity index (χ1) is 11.9. The molecule has 24 heavy (non-hydrogen) atoms. The molecule has 0 aliphatic rings. The zero-order chi connectivity index (χ0) is 17.3. The summed E-state index contributed by atoms with van der Waals surface area (Å²) in [4.78, 5) is 4.27. The van der Waals surface area contributed by atoms with E-state index in [-0.39, 0.29) is 0 Å². The zero-order valence-electron chi connectivity index (χ0n) is 15.1. The van der Waals surface area contributed by atoms with Crippen molar-refractivity contribution in [3.63, 3.8) is 0 Å². The van der Waals surface area contributed by atoms with Gasteiger partial charge in [-0.1, -0.05) is 88.3 Å². The van der Waals surface area contributed by atoms with Crippen molar-refractivity contribution in [3.05, 3.63) is 29.6 Å². The molecule has 0 aromatic carbocycles. The quantitative estimate of drug-likeness (QED) is 0.170. The fourth-order valence-corrected chi connectivity index (χ4v) is 2.68. The van der Waals surface area contributed by atoms with Crippen LogP contribution in [0.25, 0.3) is 0 Å². The average molecular weight is 328 g/mol. The smallest absolute Gasteiger partial charge is 0.113 e. The van der Waals surface area contributed by atoms with Gasteiger partial charge in [0, 0.05) is 6.42 Å². The molecule has 0 unspecified atom stereocenters. The SMILES string of the molecule is CCCCCCCCCCCCCC#Cc1cccc(/C=N\O)n1. The van der Waals surface area contributed by atoms with E-state index in [4.69, 9.17) is 5.21 Å². The molecule has 0 radical (unpaired) electrons. The maximum atomic E-state index is 8.50. The molecule has 3 heteroatoms. The van der Waals surface area contributed by atoms with E-state index in [1.54, 1.807) is 6.07 Å². The van der Waals surface area contributed by atoms with Crippen LogP contribution in [0.2, 0.25) is 0 Å². The second-order valence-corrected chi connectivity index (χ2v) is 6.28. The topological polar surface area (TPSA) is 45.5 Å². The molecule has 0 aliphatic carbocycles. The molecule has 0 spiro atoms. The summed E-state index contributed by atoms with van der Waals surface area (Å²) in [6.45, 7) is 2.27. The molecule has 1 N–H and O–H groups in total. The van der Waals surface area contributed by atoms with Gasteiger partial charge in [0.1, 0.15) is 5.69 Å². The molecule has 1 aromatic rings. The number of rotatable bonds is 12. The van der Waals surface area contributed by atoms with Crippen molar-refractivity contribution in [1.82, 2.24) is 4.98 Å². The summed E-state index contributed by atoms with van der Waals surface area (Å²) in [5.74, 6) is 6.26. The van der Waals surface area contributed by atoms with E-state index in [1.807, 2.05) is 12.1 Å². The lowest BCUT2D eigenvalue weighted by Crippen LogP contribution is -1.90. The summed E-state index contributed by atoms with van der Waals surface area (Å²) >= 11 is 0. The van der Waals surface area contributed by atoms with Crippen molar-refractivity contribution in [2.45, 2.75) is 84.0 Å². The maximum absolute atomic E-state index is 8.50. The van der Waals surface area contributed by atoms with Crippen LogP contribution in [0.1, 0.15) is 95.4 Å². The summed E-state index contributed by atoms with van der Waals surface area (Å²) in [6, 6.07) is 5.53. The minimum atomic E-state index is 0.624. The average Bonchev–Trinajstić information content (AvgIpc) is 2.60. The lowest BCUT2D eigenvalue weighted by molar-refractivity contribution is 0.321. The van der Waals surface area contributed by atoms with E-state index in [9.17, 15) is 0 Å². The van der Waals surface area contributed by atoms with Gasteiger partial charge in [-0.15, -0.1) is 0 Å². The first-order valence-electron chi connectivity index (χ1n) is 9.50. The second kappa shape index (κ2) is 14.8. The molecular formula is C21H32N2O. The van der Waals surface area contributed by atoms with E-state index in [0.29, 0.717) is 5.69 Å². The number of pyridine rings is 1. The van der Waals surface area contributed by atoms with Crippen LogP contribution in [0, 0.1) is 11.8 Å². The van der Waals surface area contributed by atoms with E-state index < -0.39 is 0 Å². The van der Waals surface area contributed by atoms with Crippen LogP contribution in [-0.2, 0) is 0 Å². The molecule has 132 valence electrons. The summed E-state index contributed by atoms with van der Waals surface area (Å²) in [5.41, 5.74) is 1.36. The highest BCUT2D eigenvalue weighted by atomic mass is 16.4. The van der Waals surface area contributed by atoms with Crippen LogP contribution >= 0.6 is 0 Å². The van der Waals surface area contributed by atoms with Gasteiger partial charge < -0.3 is 5.21 Å². The van der Waals surface area contributed by atoms with E-state index in [2.05, 4.69) is 28.9 Å². The monoisotopic (exact) mass is 328 g/mol. The molecule has 0 aliphatic heterocycles. The van der Waals surface area contributed by atoms with Gasteiger partial charge in [-0.3, -0.25) is 0 Å². The number of unbranched alkanes of at least 4 members (excludes halogenated alkanes) is 11. The highest BCUT2D eigenvalue weighted by Gasteiger charge is 1.93. The van der Waals surface area contributed by atoms with Crippen molar-refractivity contribution >= 4 is 6.21 Å². The lowest BCUT2D eigenvalue weighted by atomic mass is 10.1. The molecular weight excluding hydrogens is 296 g/mol. The minimum Gasteiger partial charge on any atom is -0.411 e. The minimum absolute atomic E-state index is 0.624. The molecule has 3 nitrogen and oxygen atoms in total. The van der Waals surface area contributed by atoms with Crippen LogP contribution in [0.4, 0.5) is 0 Å². The predicted octanol–water partition coefficient (Wildman–Crippen LogP) is 5.94. The molecule has 0 saturated carbocycles. The Hall–Kier alpha value is -1.82. The maximum Gasteiger partial charge on any atom is 0.113 e. The van der Waals surface area contributed by atoms with E-state index in [1.165, 1.54) is 76.8 Å². The predicted molar refractivity (Wildman–Crippen MR) is 102 cm³/mol. The van der Waals surface area contributed by atoms with Gasteiger partial charge in [0.25, 0.3) is 0 Å². The van der Waals surface area contributed by atoms with Gasteiger partial charge in [-0.2, -0.15) is 0 Å². The second-order valence-electron chi connectivity index (χ2n) is 6.28. The van der Waals surface area contributed by atoms with Crippen LogP contribution in [-0.4, -0.2) is 16.4 Å². The molecule has 0 atom stereocenters. The Bertz CT molecular complexity index is 514. The zero-order valence-corrected chi connectivity index (χ0v) is 15.1. The molecule has 0 bridgehead atoms. The van der Waals surface area contributed by atoms with Crippen molar-refractivity contribution in [2.75, 3.05) is 0 Å². The van der Waals surface area contributed by atoms with Gasteiger partial charge in [-0.05, 0) is 24.5 Å².